The molecule has 1 aliphatic heterocycles. The fourth-order valence-corrected chi connectivity index (χ4v) is 8.32. The molecule has 56 heavy (non-hydrogen) atoms. The summed E-state index contributed by atoms with van der Waals surface area (Å²) < 4.78 is 8.98. The van der Waals surface area contributed by atoms with Crippen molar-refractivity contribution in [3.05, 3.63) is 151 Å². The molecule has 5 aromatic carbocycles. The Morgan fingerprint density at radius 2 is 1.39 bits per heavy atom. The van der Waals surface area contributed by atoms with Crippen LogP contribution < -0.4 is 14.5 Å². The van der Waals surface area contributed by atoms with E-state index in [0.29, 0.717) is 17.4 Å². The molecule has 0 unspecified atom stereocenters. The Morgan fingerprint density at radius 1 is 0.661 bits per heavy atom. The maximum Gasteiger partial charge on any atom is 0.135 e. The Kier molecular flexibility index (Phi) is 10.1. The summed E-state index contributed by atoms with van der Waals surface area (Å²) in [6, 6.07) is 46.5. The van der Waals surface area contributed by atoms with Crippen molar-refractivity contribution in [3.63, 3.8) is 0 Å². The number of rotatable bonds is 6. The van der Waals surface area contributed by atoms with Gasteiger partial charge in [0.25, 0.3) is 0 Å². The summed E-state index contributed by atoms with van der Waals surface area (Å²) in [6.07, 6.45) is 8.47. The molecule has 0 bridgehead atoms. The van der Waals surface area contributed by atoms with Crippen molar-refractivity contribution in [1.82, 2.24) is 9.55 Å². The van der Waals surface area contributed by atoms with Gasteiger partial charge in [-0.05, 0) is 88.6 Å². The van der Waals surface area contributed by atoms with Crippen LogP contribution in [0.3, 0.4) is 0 Å². The number of anilines is 4. The average Bonchev–Trinajstić information content (AvgIpc) is 3.74. The molecule has 3 heterocycles. The van der Waals surface area contributed by atoms with Crippen LogP contribution in [0.5, 0.6) is 11.5 Å². The molecule has 0 N–H and O–H groups in total. The number of ether oxygens (including phenoxy) is 1. The molecule has 0 saturated heterocycles. The predicted molar refractivity (Wildman–Crippen MR) is 227 cm³/mol. The Morgan fingerprint density at radius 3 is 2.16 bits per heavy atom. The maximum atomic E-state index is 6.77. The summed E-state index contributed by atoms with van der Waals surface area (Å²) in [5.41, 5.74) is 10.1. The molecule has 1 saturated carbocycles. The molecular formula is C50H49N4OPt-3. The van der Waals surface area contributed by atoms with E-state index in [-0.39, 0.29) is 31.9 Å². The van der Waals surface area contributed by atoms with Crippen LogP contribution in [0.25, 0.3) is 27.6 Å². The molecule has 0 spiro atoms. The van der Waals surface area contributed by atoms with Crippen molar-refractivity contribution in [3.8, 4) is 17.3 Å². The van der Waals surface area contributed by atoms with Gasteiger partial charge in [0.1, 0.15) is 5.82 Å². The summed E-state index contributed by atoms with van der Waals surface area (Å²) in [7, 11) is 0. The number of hydrogen-bond donors (Lipinski definition) is 0. The van der Waals surface area contributed by atoms with Crippen LogP contribution in [-0.4, -0.2) is 9.55 Å². The van der Waals surface area contributed by atoms with Gasteiger partial charge >= 0.3 is 0 Å². The molecule has 5 nitrogen and oxygen atoms in total. The van der Waals surface area contributed by atoms with Gasteiger partial charge in [0.2, 0.25) is 0 Å². The van der Waals surface area contributed by atoms with E-state index in [1.807, 2.05) is 12.3 Å². The number of para-hydroxylation sites is 3. The smallest absolute Gasteiger partial charge is 0.135 e. The molecule has 1 aliphatic carbocycles. The minimum absolute atomic E-state index is 0. The third kappa shape index (κ3) is 7.16. The van der Waals surface area contributed by atoms with Crippen LogP contribution in [0.15, 0.2) is 115 Å². The number of fused-ring (bicyclic) bond motifs is 4. The predicted octanol–water partition coefficient (Wildman–Crippen LogP) is 13.6. The second kappa shape index (κ2) is 14.9. The van der Waals surface area contributed by atoms with E-state index in [9.17, 15) is 0 Å². The van der Waals surface area contributed by atoms with Crippen molar-refractivity contribution < 1.29 is 25.8 Å². The van der Waals surface area contributed by atoms with Gasteiger partial charge in [-0.2, -0.15) is 6.07 Å². The summed E-state index contributed by atoms with van der Waals surface area (Å²) in [5.74, 6) is 2.79. The van der Waals surface area contributed by atoms with E-state index >= 15 is 0 Å². The minimum Gasteiger partial charge on any atom is -0.509 e. The van der Waals surface area contributed by atoms with Gasteiger partial charge in [-0.1, -0.05) is 109 Å². The largest absolute Gasteiger partial charge is 0.509 e. The number of benzene rings is 5. The monoisotopic (exact) mass is 916 g/mol. The van der Waals surface area contributed by atoms with E-state index in [0.717, 1.165) is 44.7 Å². The van der Waals surface area contributed by atoms with Crippen LogP contribution in [0, 0.1) is 18.8 Å². The first-order valence-corrected chi connectivity index (χ1v) is 19.8. The summed E-state index contributed by atoms with van der Waals surface area (Å²) >= 11 is 0. The average molecular weight is 917 g/mol. The second-order valence-electron chi connectivity index (χ2n) is 17.3. The van der Waals surface area contributed by atoms with Gasteiger partial charge in [0.05, 0.1) is 0 Å². The third-order valence-electron chi connectivity index (χ3n) is 11.4. The molecule has 0 amide bonds. The van der Waals surface area contributed by atoms with E-state index in [4.69, 9.17) is 9.72 Å². The third-order valence-corrected chi connectivity index (χ3v) is 11.4. The van der Waals surface area contributed by atoms with Crippen molar-refractivity contribution in [2.24, 2.45) is 0 Å². The topological polar surface area (TPSA) is 33.5 Å². The van der Waals surface area contributed by atoms with Crippen molar-refractivity contribution in [2.75, 3.05) is 9.80 Å². The quantitative estimate of drug-likeness (QED) is 0.156. The number of nitrogens with zero attached hydrogens (tertiary/aromatic N) is 4. The van der Waals surface area contributed by atoms with Crippen LogP contribution in [0.2, 0.25) is 0 Å². The van der Waals surface area contributed by atoms with E-state index < -0.39 is 0 Å². The zero-order chi connectivity index (χ0) is 37.9. The van der Waals surface area contributed by atoms with Gasteiger partial charge < -0.3 is 19.1 Å². The molecule has 0 atom stereocenters. The van der Waals surface area contributed by atoms with Crippen molar-refractivity contribution in [2.45, 2.75) is 90.4 Å². The molecule has 6 heteroatoms. The SMILES string of the molecule is CC(C)(C)c1cc(Oc2[c-]c3c(cc2)c2ccccc2n3-c2cc(C(C)(C)C)ccn2)[c-]c(N2[CH-]N(c3cccc(C4CCCCC4)c3)c3ccccc32)c1.[Pt]. The van der Waals surface area contributed by atoms with E-state index in [1.165, 1.54) is 54.5 Å². The zero-order valence-electron chi connectivity index (χ0n) is 33.2. The minimum atomic E-state index is -0.126. The van der Waals surface area contributed by atoms with Gasteiger partial charge in [0.15, 0.2) is 0 Å². The molecule has 7 aromatic rings. The first-order valence-electron chi connectivity index (χ1n) is 19.8. The fourth-order valence-electron chi connectivity index (χ4n) is 8.32. The van der Waals surface area contributed by atoms with Gasteiger partial charge in [-0.25, -0.2) is 4.98 Å². The van der Waals surface area contributed by atoms with Crippen molar-refractivity contribution in [1.29, 1.82) is 0 Å². The molecule has 1 fully saturated rings. The molecule has 2 aromatic heterocycles. The van der Waals surface area contributed by atoms with Crippen LogP contribution >= 0.6 is 0 Å². The molecular weight excluding hydrogens is 868 g/mol. The molecule has 9 rings (SSSR count). The van der Waals surface area contributed by atoms with E-state index in [2.05, 4.69) is 178 Å². The molecule has 288 valence electrons. The fraction of sp³-hybridized carbons (Fsp3) is 0.280. The van der Waals surface area contributed by atoms with Crippen LogP contribution in [0.1, 0.15) is 96.3 Å². The van der Waals surface area contributed by atoms with Gasteiger partial charge in [0, 0.05) is 61.3 Å². The van der Waals surface area contributed by atoms with Crippen LogP contribution in [-0.2, 0) is 31.9 Å². The number of hydrogen-bond acceptors (Lipinski definition) is 4. The zero-order valence-corrected chi connectivity index (χ0v) is 35.4. The standard InChI is InChI=1S/C50H49N4O.Pt/c1-49(2,3)36-25-26-51-48(30-36)54-44-20-11-10-19-42(44)43-24-23-40(32-47(43)54)55-41-29-37(50(4,5)6)28-39(31-41)53-33-52(45-21-12-13-22-46(45)53)38-18-14-17-35(27-38)34-15-8-7-9-16-34;/h10-14,17-30,33-34H,7-9,15-16H2,1-6H3;/q-3;. The summed E-state index contributed by atoms with van der Waals surface area (Å²) in [6.45, 7) is 15.7. The number of pyridine rings is 1. The van der Waals surface area contributed by atoms with Gasteiger partial charge in [-0.3, -0.25) is 0 Å². The molecule has 0 radical (unpaired) electrons. The van der Waals surface area contributed by atoms with E-state index in [1.54, 1.807) is 0 Å². The van der Waals surface area contributed by atoms with Crippen molar-refractivity contribution >= 4 is 44.6 Å². The normalized spacial score (nSPS) is 15.0. The Labute approximate surface area is 346 Å². The first kappa shape index (κ1) is 38.0. The first-order chi connectivity index (χ1) is 26.5. The Hall–Kier alpha value is -4.86. The molecule has 2 aliphatic rings. The Balaban J connectivity index is 0.00000441. The van der Waals surface area contributed by atoms with Crippen LogP contribution in [0.4, 0.5) is 22.7 Å². The summed E-state index contributed by atoms with van der Waals surface area (Å²) in [5, 5.41) is 2.26. The summed E-state index contributed by atoms with van der Waals surface area (Å²) in [4.78, 5) is 9.44. The number of aromatic nitrogens is 2. The second-order valence-corrected chi connectivity index (χ2v) is 17.3. The maximum absolute atomic E-state index is 6.77. The Bertz CT molecular complexity index is 2530. The van der Waals surface area contributed by atoms with Gasteiger partial charge in [-0.15, -0.1) is 53.6 Å².